The average molecular weight is 288 g/mol. The Hall–Kier alpha value is -1.39. The van der Waals surface area contributed by atoms with E-state index in [-0.39, 0.29) is 11.8 Å². The molecule has 0 saturated carbocycles. The van der Waals surface area contributed by atoms with Crippen LogP contribution in [-0.2, 0) is 11.3 Å². The zero-order valence-electron chi connectivity index (χ0n) is 12.6. The van der Waals surface area contributed by atoms with Crippen molar-refractivity contribution >= 4 is 5.97 Å². The van der Waals surface area contributed by atoms with Crippen molar-refractivity contribution in [3.63, 3.8) is 0 Å². The van der Waals surface area contributed by atoms with Gasteiger partial charge in [0.25, 0.3) is 0 Å². The number of carbonyl (C=O) groups is 1. The number of hydrogen-bond acceptors (Lipinski definition) is 3. The summed E-state index contributed by atoms with van der Waals surface area (Å²) in [5.41, 5.74) is 1.36. The highest BCUT2D eigenvalue weighted by molar-refractivity contribution is 5.71. The molecule has 3 rings (SSSR count). The smallest absolute Gasteiger partial charge is 0.308 e. The van der Waals surface area contributed by atoms with Gasteiger partial charge in [-0.15, -0.1) is 0 Å². The minimum absolute atomic E-state index is 0.187. The second kappa shape index (κ2) is 6.16. The van der Waals surface area contributed by atoms with Gasteiger partial charge in [0.15, 0.2) is 0 Å². The summed E-state index contributed by atoms with van der Waals surface area (Å²) in [6.45, 7) is 6.90. The maximum atomic E-state index is 11.2. The molecular weight excluding hydrogens is 264 g/mol. The lowest BCUT2D eigenvalue weighted by Crippen LogP contribution is -2.36. The fourth-order valence-electron chi connectivity index (χ4n) is 3.72. The van der Waals surface area contributed by atoms with E-state index in [0.717, 1.165) is 39.1 Å². The quantitative estimate of drug-likeness (QED) is 0.919. The van der Waals surface area contributed by atoms with Gasteiger partial charge in [0.1, 0.15) is 0 Å². The van der Waals surface area contributed by atoms with E-state index in [1.165, 1.54) is 5.56 Å². The molecule has 2 heterocycles. The fourth-order valence-corrected chi connectivity index (χ4v) is 3.72. The minimum Gasteiger partial charge on any atom is -0.481 e. The van der Waals surface area contributed by atoms with E-state index in [9.17, 15) is 9.90 Å². The van der Waals surface area contributed by atoms with Gasteiger partial charge in [0, 0.05) is 38.8 Å². The van der Waals surface area contributed by atoms with E-state index < -0.39 is 5.97 Å². The summed E-state index contributed by atoms with van der Waals surface area (Å²) in [5.74, 6) is -0.553. The predicted octanol–water partition coefficient (Wildman–Crippen LogP) is 1.91. The summed E-state index contributed by atoms with van der Waals surface area (Å²) in [7, 11) is 0. The molecule has 21 heavy (non-hydrogen) atoms. The Morgan fingerprint density at radius 2 is 2.00 bits per heavy atom. The fraction of sp³-hybridized carbons (Fsp3) is 0.588. The summed E-state index contributed by atoms with van der Waals surface area (Å²) >= 11 is 0. The first-order chi connectivity index (χ1) is 10.1. The number of hydrogen-bond donors (Lipinski definition) is 1. The van der Waals surface area contributed by atoms with Gasteiger partial charge in [-0.05, 0) is 17.9 Å². The zero-order chi connectivity index (χ0) is 14.8. The first kappa shape index (κ1) is 14.5. The molecule has 1 aromatic rings. The van der Waals surface area contributed by atoms with Crippen LogP contribution in [0.1, 0.15) is 18.9 Å². The Bertz CT molecular complexity index is 491. The number of aliphatic carboxylic acids is 1. The van der Waals surface area contributed by atoms with Crippen LogP contribution in [0.2, 0.25) is 0 Å². The van der Waals surface area contributed by atoms with Gasteiger partial charge in [-0.3, -0.25) is 14.6 Å². The first-order valence-electron chi connectivity index (χ1n) is 7.86. The number of rotatable bonds is 4. The monoisotopic (exact) mass is 288 g/mol. The van der Waals surface area contributed by atoms with E-state index in [1.54, 1.807) is 0 Å². The molecule has 1 N–H and O–H groups in total. The molecule has 3 atom stereocenters. The zero-order valence-corrected chi connectivity index (χ0v) is 12.6. The normalized spacial score (nSPS) is 30.8. The van der Waals surface area contributed by atoms with Crippen LogP contribution in [0, 0.1) is 11.8 Å². The van der Waals surface area contributed by atoms with E-state index in [2.05, 4.69) is 41.0 Å². The Balaban J connectivity index is 1.54. The first-order valence-corrected chi connectivity index (χ1v) is 7.86. The van der Waals surface area contributed by atoms with Gasteiger partial charge in [0.2, 0.25) is 0 Å². The summed E-state index contributed by atoms with van der Waals surface area (Å²) < 4.78 is 0. The van der Waals surface area contributed by atoms with E-state index >= 15 is 0 Å². The van der Waals surface area contributed by atoms with Crippen LogP contribution < -0.4 is 0 Å². The van der Waals surface area contributed by atoms with Crippen molar-refractivity contribution in [2.75, 3.05) is 26.2 Å². The second-order valence-electron chi connectivity index (χ2n) is 6.54. The third kappa shape index (κ3) is 3.27. The van der Waals surface area contributed by atoms with Crippen molar-refractivity contribution in [1.82, 2.24) is 9.80 Å². The molecular formula is C17H24N2O2. The summed E-state index contributed by atoms with van der Waals surface area (Å²) in [5, 5.41) is 9.25. The SMILES string of the molecule is CC1CN(C2CCN(Cc3ccccc3)C2)CC1C(=O)O. The van der Waals surface area contributed by atoms with Crippen molar-refractivity contribution in [3.8, 4) is 0 Å². The lowest BCUT2D eigenvalue weighted by molar-refractivity contribution is -0.142. The maximum Gasteiger partial charge on any atom is 0.308 e. The van der Waals surface area contributed by atoms with Crippen LogP contribution in [-0.4, -0.2) is 53.1 Å². The largest absolute Gasteiger partial charge is 0.481 e. The number of benzene rings is 1. The molecule has 4 heteroatoms. The van der Waals surface area contributed by atoms with Crippen LogP contribution >= 0.6 is 0 Å². The molecule has 2 fully saturated rings. The van der Waals surface area contributed by atoms with Gasteiger partial charge in [-0.2, -0.15) is 0 Å². The van der Waals surface area contributed by atoms with Gasteiger partial charge in [0.05, 0.1) is 5.92 Å². The van der Waals surface area contributed by atoms with Gasteiger partial charge >= 0.3 is 5.97 Å². The Kier molecular flexibility index (Phi) is 4.27. The van der Waals surface area contributed by atoms with Crippen molar-refractivity contribution in [1.29, 1.82) is 0 Å². The van der Waals surface area contributed by atoms with E-state index in [1.807, 2.05) is 6.07 Å². The third-order valence-electron chi connectivity index (χ3n) is 4.97. The third-order valence-corrected chi connectivity index (χ3v) is 4.97. The molecule has 2 saturated heterocycles. The molecule has 0 aromatic heterocycles. The Morgan fingerprint density at radius 3 is 2.67 bits per heavy atom. The van der Waals surface area contributed by atoms with Crippen molar-refractivity contribution in [2.24, 2.45) is 11.8 Å². The lowest BCUT2D eigenvalue weighted by atomic mass is 9.99. The predicted molar refractivity (Wildman–Crippen MR) is 82.0 cm³/mol. The summed E-state index contributed by atoms with van der Waals surface area (Å²) in [6.07, 6.45) is 1.16. The molecule has 2 aliphatic rings. The summed E-state index contributed by atoms with van der Waals surface area (Å²) in [6, 6.07) is 11.1. The Labute approximate surface area is 126 Å². The van der Waals surface area contributed by atoms with Crippen LogP contribution in [0.5, 0.6) is 0 Å². The minimum atomic E-state index is -0.635. The molecule has 3 unspecified atom stereocenters. The Morgan fingerprint density at radius 1 is 1.24 bits per heavy atom. The van der Waals surface area contributed by atoms with Gasteiger partial charge < -0.3 is 5.11 Å². The second-order valence-corrected chi connectivity index (χ2v) is 6.54. The maximum absolute atomic E-state index is 11.2. The number of carboxylic acids is 1. The van der Waals surface area contributed by atoms with Gasteiger partial charge in [-0.1, -0.05) is 37.3 Å². The van der Waals surface area contributed by atoms with Crippen molar-refractivity contribution in [2.45, 2.75) is 25.9 Å². The van der Waals surface area contributed by atoms with Crippen LogP contribution in [0.25, 0.3) is 0 Å². The number of nitrogens with zero attached hydrogens (tertiary/aromatic N) is 2. The van der Waals surface area contributed by atoms with Crippen LogP contribution in [0.3, 0.4) is 0 Å². The lowest BCUT2D eigenvalue weighted by Gasteiger charge is -2.24. The average Bonchev–Trinajstić information content (AvgIpc) is 3.06. The molecule has 0 bridgehead atoms. The topological polar surface area (TPSA) is 43.8 Å². The highest BCUT2D eigenvalue weighted by atomic mass is 16.4. The summed E-state index contributed by atoms with van der Waals surface area (Å²) in [4.78, 5) is 16.1. The van der Waals surface area contributed by atoms with Crippen molar-refractivity contribution < 1.29 is 9.90 Å². The highest BCUT2D eigenvalue weighted by Gasteiger charge is 2.39. The van der Waals surface area contributed by atoms with E-state index in [0.29, 0.717) is 6.04 Å². The molecule has 1 aromatic carbocycles. The molecule has 4 nitrogen and oxygen atoms in total. The highest BCUT2D eigenvalue weighted by Crippen LogP contribution is 2.28. The van der Waals surface area contributed by atoms with Crippen molar-refractivity contribution in [3.05, 3.63) is 35.9 Å². The van der Waals surface area contributed by atoms with E-state index in [4.69, 9.17) is 0 Å². The number of likely N-dealkylation sites (tertiary alicyclic amines) is 2. The molecule has 0 aliphatic carbocycles. The molecule has 0 radical (unpaired) electrons. The molecule has 0 amide bonds. The molecule has 114 valence electrons. The molecule has 0 spiro atoms. The standard InChI is InChI=1S/C17H24N2O2/c1-13-9-19(12-16(13)17(20)21)15-7-8-18(11-15)10-14-5-3-2-4-6-14/h2-6,13,15-16H,7-12H2,1H3,(H,20,21). The van der Waals surface area contributed by atoms with Crippen LogP contribution in [0.15, 0.2) is 30.3 Å². The molecule has 2 aliphatic heterocycles. The van der Waals surface area contributed by atoms with Gasteiger partial charge in [-0.25, -0.2) is 0 Å². The number of carboxylic acid groups (broad SMARTS) is 1. The van der Waals surface area contributed by atoms with Crippen LogP contribution in [0.4, 0.5) is 0 Å².